The van der Waals surface area contributed by atoms with E-state index in [9.17, 15) is 0 Å². The molecular formula is C8H13Cl. The molecule has 0 aromatic carbocycles. The summed E-state index contributed by atoms with van der Waals surface area (Å²) >= 11 is 6.26. The van der Waals surface area contributed by atoms with Crippen molar-refractivity contribution in [2.24, 2.45) is 11.8 Å². The van der Waals surface area contributed by atoms with Crippen LogP contribution in [0, 0.1) is 11.8 Å². The molecule has 3 atom stereocenters. The molecule has 0 radical (unpaired) electrons. The molecule has 9 heavy (non-hydrogen) atoms. The van der Waals surface area contributed by atoms with E-state index in [4.69, 9.17) is 11.6 Å². The lowest BCUT2D eigenvalue weighted by atomic mass is 9.90. The Morgan fingerprint density at radius 1 is 1.44 bits per heavy atom. The Morgan fingerprint density at radius 3 is 2.44 bits per heavy atom. The van der Waals surface area contributed by atoms with Crippen molar-refractivity contribution in [2.45, 2.75) is 37.5 Å². The lowest BCUT2D eigenvalue weighted by molar-refractivity contribution is 0.390. The van der Waals surface area contributed by atoms with E-state index in [1.54, 1.807) is 0 Å². The third kappa shape index (κ3) is 0.797. The van der Waals surface area contributed by atoms with Crippen LogP contribution in [0.25, 0.3) is 0 Å². The van der Waals surface area contributed by atoms with Gasteiger partial charge in [0.1, 0.15) is 0 Å². The first-order chi connectivity index (χ1) is 4.18. The molecule has 0 spiro atoms. The summed E-state index contributed by atoms with van der Waals surface area (Å²) in [4.78, 5) is 0.183. The lowest BCUT2D eigenvalue weighted by Crippen LogP contribution is -2.23. The van der Waals surface area contributed by atoms with Crippen LogP contribution in [0.3, 0.4) is 0 Å². The molecule has 0 heterocycles. The van der Waals surface area contributed by atoms with E-state index in [1.165, 1.54) is 25.7 Å². The van der Waals surface area contributed by atoms with Gasteiger partial charge in [-0.2, -0.15) is 0 Å². The van der Waals surface area contributed by atoms with Crippen LogP contribution in [0.4, 0.5) is 0 Å². The topological polar surface area (TPSA) is 0 Å². The van der Waals surface area contributed by atoms with Crippen molar-refractivity contribution in [2.75, 3.05) is 0 Å². The summed E-state index contributed by atoms with van der Waals surface area (Å²) in [6.45, 7) is 2.21. The zero-order valence-electron chi connectivity index (χ0n) is 5.86. The number of alkyl halides is 1. The molecule has 0 aliphatic heterocycles. The minimum absolute atomic E-state index is 0.183. The van der Waals surface area contributed by atoms with Crippen LogP contribution in [0.15, 0.2) is 0 Å². The highest BCUT2D eigenvalue weighted by atomic mass is 35.5. The second-order valence-electron chi connectivity index (χ2n) is 3.86. The average Bonchev–Trinajstić information content (AvgIpc) is 2.19. The van der Waals surface area contributed by atoms with E-state index < -0.39 is 0 Å². The summed E-state index contributed by atoms with van der Waals surface area (Å²) in [5.74, 6) is 1.83. The molecule has 2 rings (SSSR count). The number of fused-ring (bicyclic) bond motifs is 2. The van der Waals surface area contributed by atoms with Crippen molar-refractivity contribution in [1.29, 1.82) is 0 Å². The van der Waals surface area contributed by atoms with E-state index in [0.29, 0.717) is 0 Å². The third-order valence-electron chi connectivity index (χ3n) is 3.08. The van der Waals surface area contributed by atoms with Crippen molar-refractivity contribution in [3.63, 3.8) is 0 Å². The summed E-state index contributed by atoms with van der Waals surface area (Å²) in [7, 11) is 0. The highest BCUT2D eigenvalue weighted by molar-refractivity contribution is 6.24. The van der Waals surface area contributed by atoms with Gasteiger partial charge in [-0.25, -0.2) is 0 Å². The monoisotopic (exact) mass is 144 g/mol. The number of rotatable bonds is 0. The molecule has 2 saturated carbocycles. The molecule has 0 nitrogen and oxygen atoms in total. The molecule has 0 aromatic rings. The van der Waals surface area contributed by atoms with Gasteiger partial charge in [0.2, 0.25) is 0 Å². The third-order valence-corrected chi connectivity index (χ3v) is 3.54. The molecule has 2 aliphatic rings. The minimum Gasteiger partial charge on any atom is -0.119 e. The van der Waals surface area contributed by atoms with Gasteiger partial charge >= 0.3 is 0 Å². The second kappa shape index (κ2) is 1.66. The molecule has 0 amide bonds. The summed E-state index contributed by atoms with van der Waals surface area (Å²) in [5, 5.41) is 0. The Kier molecular flexibility index (Phi) is 1.11. The van der Waals surface area contributed by atoms with Gasteiger partial charge in [-0.3, -0.25) is 0 Å². The SMILES string of the molecule is C[C@]1(Cl)C[C@H]2CC[C@H]1C2. The van der Waals surface area contributed by atoms with Crippen molar-refractivity contribution in [3.8, 4) is 0 Å². The fourth-order valence-corrected chi connectivity index (χ4v) is 2.95. The Hall–Kier alpha value is 0.290. The zero-order valence-corrected chi connectivity index (χ0v) is 6.62. The zero-order chi connectivity index (χ0) is 6.48. The van der Waals surface area contributed by atoms with E-state index in [2.05, 4.69) is 6.92 Å². The summed E-state index contributed by atoms with van der Waals surface area (Å²) in [5.41, 5.74) is 0. The minimum atomic E-state index is 0.183. The molecule has 2 bridgehead atoms. The average molecular weight is 145 g/mol. The molecule has 0 unspecified atom stereocenters. The van der Waals surface area contributed by atoms with Crippen LogP contribution in [-0.4, -0.2) is 4.87 Å². The normalized spacial score (nSPS) is 56.7. The van der Waals surface area contributed by atoms with E-state index >= 15 is 0 Å². The van der Waals surface area contributed by atoms with Crippen molar-refractivity contribution < 1.29 is 0 Å². The van der Waals surface area contributed by atoms with Crippen LogP contribution < -0.4 is 0 Å². The van der Waals surface area contributed by atoms with Gasteiger partial charge in [0.05, 0.1) is 0 Å². The van der Waals surface area contributed by atoms with E-state index in [-0.39, 0.29) is 4.87 Å². The predicted molar refractivity (Wildman–Crippen MR) is 39.7 cm³/mol. The highest BCUT2D eigenvalue weighted by Gasteiger charge is 2.46. The maximum atomic E-state index is 6.26. The van der Waals surface area contributed by atoms with Crippen LogP contribution in [0.2, 0.25) is 0 Å². The standard InChI is InChI=1S/C8H13Cl/c1-8(9)5-6-2-3-7(8)4-6/h6-7H,2-5H2,1H3/t6-,7-,8-/m0/s1. The van der Waals surface area contributed by atoms with Gasteiger partial charge in [-0.1, -0.05) is 6.42 Å². The van der Waals surface area contributed by atoms with Crippen molar-refractivity contribution in [1.82, 2.24) is 0 Å². The smallest absolute Gasteiger partial charge is 0.0449 e. The maximum Gasteiger partial charge on any atom is 0.0449 e. The van der Waals surface area contributed by atoms with Gasteiger partial charge in [-0.15, -0.1) is 11.6 Å². The summed E-state index contributed by atoms with van der Waals surface area (Å²) < 4.78 is 0. The summed E-state index contributed by atoms with van der Waals surface area (Å²) in [6, 6.07) is 0. The van der Waals surface area contributed by atoms with E-state index in [0.717, 1.165) is 11.8 Å². The quantitative estimate of drug-likeness (QED) is 0.459. The molecular weight excluding hydrogens is 132 g/mol. The first-order valence-electron chi connectivity index (χ1n) is 3.87. The van der Waals surface area contributed by atoms with Gasteiger partial charge in [0.15, 0.2) is 0 Å². The Morgan fingerprint density at radius 2 is 2.22 bits per heavy atom. The van der Waals surface area contributed by atoms with Crippen molar-refractivity contribution in [3.05, 3.63) is 0 Å². The Labute approximate surface area is 61.6 Å². The first-order valence-corrected chi connectivity index (χ1v) is 4.25. The van der Waals surface area contributed by atoms with Crippen LogP contribution >= 0.6 is 11.6 Å². The van der Waals surface area contributed by atoms with Crippen LogP contribution in [-0.2, 0) is 0 Å². The van der Waals surface area contributed by atoms with Crippen molar-refractivity contribution >= 4 is 11.6 Å². The summed E-state index contributed by atoms with van der Waals surface area (Å²) in [6.07, 6.45) is 5.54. The predicted octanol–water partition coefficient (Wildman–Crippen LogP) is 2.80. The van der Waals surface area contributed by atoms with Crippen LogP contribution in [0.5, 0.6) is 0 Å². The second-order valence-corrected chi connectivity index (χ2v) is 4.72. The van der Waals surface area contributed by atoms with E-state index in [1.807, 2.05) is 0 Å². The van der Waals surface area contributed by atoms with Gasteiger partial charge in [0.25, 0.3) is 0 Å². The number of hydrogen-bond donors (Lipinski definition) is 0. The van der Waals surface area contributed by atoms with Gasteiger partial charge < -0.3 is 0 Å². The Bertz CT molecular complexity index is 129. The Balaban J connectivity index is 2.18. The van der Waals surface area contributed by atoms with Gasteiger partial charge in [0, 0.05) is 4.87 Å². The van der Waals surface area contributed by atoms with Gasteiger partial charge in [-0.05, 0) is 38.0 Å². The number of halogens is 1. The molecule has 1 heteroatoms. The first kappa shape index (κ1) is 6.03. The molecule has 52 valence electrons. The highest BCUT2D eigenvalue weighted by Crippen LogP contribution is 2.53. The molecule has 0 saturated heterocycles. The molecule has 0 aromatic heterocycles. The fraction of sp³-hybridized carbons (Fsp3) is 1.00. The maximum absolute atomic E-state index is 6.26. The largest absolute Gasteiger partial charge is 0.119 e. The fourth-order valence-electron chi connectivity index (χ4n) is 2.54. The van der Waals surface area contributed by atoms with Crippen LogP contribution in [0.1, 0.15) is 32.6 Å². The lowest BCUT2D eigenvalue weighted by Gasteiger charge is -2.26. The molecule has 0 N–H and O–H groups in total. The molecule has 2 aliphatic carbocycles. The molecule has 2 fully saturated rings. The number of hydrogen-bond acceptors (Lipinski definition) is 0.